The molecule has 0 aliphatic carbocycles. The highest BCUT2D eigenvalue weighted by Gasteiger charge is 2.24. The van der Waals surface area contributed by atoms with Crippen LogP contribution in [-0.2, 0) is 4.79 Å². The third kappa shape index (κ3) is 1.47. The summed E-state index contributed by atoms with van der Waals surface area (Å²) in [7, 11) is 2.04. The van der Waals surface area contributed by atoms with E-state index < -0.39 is 0 Å². The highest BCUT2D eigenvalue weighted by atomic mass is 16.1. The lowest BCUT2D eigenvalue weighted by Gasteiger charge is -2.12. The fourth-order valence-corrected chi connectivity index (χ4v) is 1.57. The van der Waals surface area contributed by atoms with E-state index in [1.165, 1.54) is 0 Å². The number of likely N-dealkylation sites (N-methyl/N-ethyl adjacent to an activating group) is 1. The monoisotopic (exact) mass is 139 g/mol. The molecule has 0 aromatic rings. The van der Waals surface area contributed by atoms with E-state index in [4.69, 9.17) is 0 Å². The van der Waals surface area contributed by atoms with Crippen LogP contribution in [0.25, 0.3) is 0 Å². The maximum Gasteiger partial charge on any atom is 0.121 e. The van der Waals surface area contributed by atoms with Crippen molar-refractivity contribution in [2.24, 2.45) is 5.92 Å². The molecule has 0 aromatic heterocycles. The second kappa shape index (κ2) is 3.00. The van der Waals surface area contributed by atoms with Gasteiger partial charge in [-0.15, -0.1) is 0 Å². The first-order valence-electron chi connectivity index (χ1n) is 3.65. The van der Waals surface area contributed by atoms with Gasteiger partial charge in [0.2, 0.25) is 0 Å². The average molecular weight is 139 g/mol. The van der Waals surface area contributed by atoms with Gasteiger partial charge in [0.25, 0.3) is 0 Å². The number of hydrogen-bond donors (Lipinski definition) is 0. The van der Waals surface area contributed by atoms with E-state index in [-0.39, 0.29) is 0 Å². The van der Waals surface area contributed by atoms with E-state index in [0.29, 0.717) is 6.04 Å². The zero-order valence-corrected chi connectivity index (χ0v) is 6.50. The molecule has 2 heteroatoms. The molecule has 1 aliphatic rings. The van der Waals surface area contributed by atoms with Gasteiger partial charge in [-0.25, -0.2) is 4.79 Å². The molecule has 1 rings (SSSR count). The number of carbonyl (C=O) groups excluding carboxylic acids is 1. The predicted octanol–water partition coefficient (Wildman–Crippen LogP) is 0.714. The van der Waals surface area contributed by atoms with Crippen molar-refractivity contribution in [1.82, 2.24) is 4.90 Å². The van der Waals surface area contributed by atoms with Gasteiger partial charge in [-0.1, -0.05) is 6.92 Å². The summed E-state index contributed by atoms with van der Waals surface area (Å²) in [5.41, 5.74) is 0. The minimum atomic E-state index is 0.340. The molecule has 0 radical (unpaired) electrons. The maximum absolute atomic E-state index is 10.0. The van der Waals surface area contributed by atoms with E-state index >= 15 is 0 Å². The van der Waals surface area contributed by atoms with Crippen molar-refractivity contribution in [2.45, 2.75) is 19.4 Å². The lowest BCUT2D eigenvalue weighted by Crippen LogP contribution is -2.22. The Morgan fingerprint density at radius 1 is 1.70 bits per heavy atom. The predicted molar refractivity (Wildman–Crippen MR) is 40.5 cm³/mol. The summed E-state index contributed by atoms with van der Waals surface area (Å²) in [5.74, 6) is 2.57. The van der Waals surface area contributed by atoms with Crippen LogP contribution >= 0.6 is 0 Å². The fraction of sp³-hybridized carbons (Fsp3) is 0.750. The van der Waals surface area contributed by atoms with Crippen molar-refractivity contribution < 1.29 is 4.79 Å². The summed E-state index contributed by atoms with van der Waals surface area (Å²) >= 11 is 0. The van der Waals surface area contributed by atoms with Crippen molar-refractivity contribution in [2.75, 3.05) is 13.6 Å². The molecule has 0 bridgehead atoms. The SMILES string of the molecule is C[C@@H]1C[C@H](C=C=O)N(C)C1. The topological polar surface area (TPSA) is 20.3 Å². The van der Waals surface area contributed by atoms with Crippen LogP contribution in [0, 0.1) is 5.92 Å². The Morgan fingerprint density at radius 2 is 2.40 bits per heavy atom. The van der Waals surface area contributed by atoms with Crippen LogP contribution in [0.3, 0.4) is 0 Å². The Morgan fingerprint density at radius 3 is 2.80 bits per heavy atom. The smallest absolute Gasteiger partial charge is 0.121 e. The molecule has 2 atom stereocenters. The zero-order chi connectivity index (χ0) is 7.56. The van der Waals surface area contributed by atoms with Gasteiger partial charge in [-0.05, 0) is 19.4 Å². The Labute approximate surface area is 61.5 Å². The molecule has 1 heterocycles. The number of hydrogen-bond acceptors (Lipinski definition) is 2. The van der Waals surface area contributed by atoms with E-state index in [0.717, 1.165) is 18.9 Å². The first kappa shape index (κ1) is 7.52. The molecule has 2 nitrogen and oxygen atoms in total. The molecule has 0 aromatic carbocycles. The molecule has 56 valence electrons. The normalized spacial score (nSPS) is 33.8. The zero-order valence-electron chi connectivity index (χ0n) is 6.50. The van der Waals surface area contributed by atoms with Crippen LogP contribution in [0.2, 0.25) is 0 Å². The maximum atomic E-state index is 10.0. The lowest BCUT2D eigenvalue weighted by molar-refractivity contribution is 0.351. The summed E-state index contributed by atoms with van der Waals surface area (Å²) in [4.78, 5) is 12.2. The van der Waals surface area contributed by atoms with Gasteiger partial charge < -0.3 is 0 Å². The Balaban J connectivity index is 2.54. The van der Waals surface area contributed by atoms with E-state index in [9.17, 15) is 4.79 Å². The van der Waals surface area contributed by atoms with Gasteiger partial charge in [0.05, 0.1) is 0 Å². The van der Waals surface area contributed by atoms with Crippen LogP contribution in [0.4, 0.5) is 0 Å². The quantitative estimate of drug-likeness (QED) is 0.499. The van der Waals surface area contributed by atoms with Crippen LogP contribution in [0.1, 0.15) is 13.3 Å². The lowest BCUT2D eigenvalue weighted by atomic mass is 10.1. The molecule has 0 amide bonds. The first-order chi connectivity index (χ1) is 4.74. The summed E-state index contributed by atoms with van der Waals surface area (Å²) < 4.78 is 0. The Kier molecular flexibility index (Phi) is 2.25. The molecular weight excluding hydrogens is 126 g/mol. The summed E-state index contributed by atoms with van der Waals surface area (Å²) in [6.45, 7) is 3.30. The number of likely N-dealkylation sites (tertiary alicyclic amines) is 1. The van der Waals surface area contributed by atoms with E-state index in [1.807, 2.05) is 13.0 Å². The van der Waals surface area contributed by atoms with Crippen molar-refractivity contribution >= 4 is 5.94 Å². The highest BCUT2D eigenvalue weighted by molar-refractivity contribution is 5.46. The summed E-state index contributed by atoms with van der Waals surface area (Å²) in [6.07, 6.45) is 2.72. The largest absolute Gasteiger partial charge is 0.299 e. The second-order valence-electron chi connectivity index (χ2n) is 3.13. The van der Waals surface area contributed by atoms with Crippen molar-refractivity contribution in [3.05, 3.63) is 6.08 Å². The van der Waals surface area contributed by atoms with Crippen LogP contribution in [-0.4, -0.2) is 30.5 Å². The minimum absolute atomic E-state index is 0.340. The van der Waals surface area contributed by atoms with Crippen LogP contribution in [0.5, 0.6) is 0 Å². The molecule has 0 N–H and O–H groups in total. The average Bonchev–Trinajstić information content (AvgIpc) is 2.13. The third-order valence-electron chi connectivity index (χ3n) is 2.07. The molecular formula is C8H13NO. The summed E-state index contributed by atoms with van der Waals surface area (Å²) in [6, 6.07) is 0.340. The first-order valence-corrected chi connectivity index (χ1v) is 3.65. The van der Waals surface area contributed by atoms with Crippen LogP contribution < -0.4 is 0 Å². The Hall–Kier alpha value is -0.590. The van der Waals surface area contributed by atoms with Gasteiger partial charge in [0.1, 0.15) is 5.94 Å². The molecule has 0 saturated carbocycles. The number of nitrogens with zero attached hydrogens (tertiary/aromatic N) is 1. The minimum Gasteiger partial charge on any atom is -0.299 e. The van der Waals surface area contributed by atoms with Gasteiger partial charge in [-0.2, -0.15) is 0 Å². The van der Waals surface area contributed by atoms with Gasteiger partial charge >= 0.3 is 0 Å². The molecule has 0 spiro atoms. The number of rotatable bonds is 1. The standard InChI is InChI=1S/C8H13NO/c1-7-5-8(3-4-10)9(2)6-7/h3,7-8H,5-6H2,1-2H3/t7-,8+/m1/s1. The highest BCUT2D eigenvalue weighted by Crippen LogP contribution is 2.20. The third-order valence-corrected chi connectivity index (χ3v) is 2.07. The Bertz CT molecular complexity index is 161. The molecule has 1 fully saturated rings. The van der Waals surface area contributed by atoms with Crippen LogP contribution in [0.15, 0.2) is 6.08 Å². The fourth-order valence-electron chi connectivity index (χ4n) is 1.57. The molecule has 0 unspecified atom stereocenters. The molecule has 10 heavy (non-hydrogen) atoms. The summed E-state index contributed by atoms with van der Waals surface area (Å²) in [5, 5.41) is 0. The van der Waals surface area contributed by atoms with Crippen molar-refractivity contribution in [1.29, 1.82) is 0 Å². The van der Waals surface area contributed by atoms with E-state index in [2.05, 4.69) is 11.8 Å². The molecule has 1 aliphatic heterocycles. The van der Waals surface area contributed by atoms with E-state index in [1.54, 1.807) is 6.08 Å². The second-order valence-corrected chi connectivity index (χ2v) is 3.13. The van der Waals surface area contributed by atoms with Gasteiger partial charge in [0, 0.05) is 18.7 Å². The van der Waals surface area contributed by atoms with Crippen molar-refractivity contribution in [3.8, 4) is 0 Å². The van der Waals surface area contributed by atoms with Gasteiger partial charge in [0.15, 0.2) is 0 Å². The van der Waals surface area contributed by atoms with Crippen molar-refractivity contribution in [3.63, 3.8) is 0 Å². The van der Waals surface area contributed by atoms with Gasteiger partial charge in [-0.3, -0.25) is 4.90 Å². The molecule has 1 saturated heterocycles.